The van der Waals surface area contributed by atoms with Crippen LogP contribution in [-0.2, 0) is 4.79 Å². The van der Waals surface area contributed by atoms with Crippen molar-refractivity contribution in [2.75, 3.05) is 26.2 Å². The maximum absolute atomic E-state index is 11.9. The van der Waals surface area contributed by atoms with Gasteiger partial charge in [0.2, 0.25) is 5.91 Å². The smallest absolute Gasteiger partial charge is 0.220 e. The molecule has 3 heterocycles. The fraction of sp³-hybridized carbons (Fsp3) is 0.929. The van der Waals surface area contributed by atoms with Gasteiger partial charge in [0.15, 0.2) is 0 Å². The molecule has 2 N–H and O–H groups in total. The molecule has 0 aromatic heterocycles. The van der Waals surface area contributed by atoms with Gasteiger partial charge in [-0.05, 0) is 44.8 Å². The number of carbonyl (C=O) groups excluding carboxylic acids is 1. The first kappa shape index (κ1) is 13.8. The Labute approximate surface area is 110 Å². The van der Waals surface area contributed by atoms with Crippen LogP contribution in [0.1, 0.15) is 39.5 Å². The highest BCUT2D eigenvalue weighted by Crippen LogP contribution is 2.27. The minimum Gasteiger partial charge on any atom is -0.352 e. The molecule has 2 bridgehead atoms. The van der Waals surface area contributed by atoms with Crippen LogP contribution in [0.15, 0.2) is 0 Å². The molecule has 3 rings (SSSR count). The van der Waals surface area contributed by atoms with E-state index in [9.17, 15) is 4.79 Å². The van der Waals surface area contributed by atoms with E-state index in [1.54, 1.807) is 0 Å². The maximum atomic E-state index is 11.9. The lowest BCUT2D eigenvalue weighted by Gasteiger charge is -2.44. The van der Waals surface area contributed by atoms with Crippen molar-refractivity contribution in [2.45, 2.75) is 51.6 Å². The number of piperidine rings is 3. The van der Waals surface area contributed by atoms with E-state index in [0.717, 1.165) is 25.4 Å². The molecule has 3 aliphatic heterocycles. The van der Waals surface area contributed by atoms with Gasteiger partial charge in [-0.15, -0.1) is 0 Å². The van der Waals surface area contributed by atoms with Crippen LogP contribution in [0.2, 0.25) is 0 Å². The lowest BCUT2D eigenvalue weighted by Crippen LogP contribution is -2.57. The van der Waals surface area contributed by atoms with Crippen LogP contribution in [0.25, 0.3) is 0 Å². The lowest BCUT2D eigenvalue weighted by atomic mass is 9.84. The second-order valence-corrected chi connectivity index (χ2v) is 6.02. The summed E-state index contributed by atoms with van der Waals surface area (Å²) >= 11 is 0. The molecule has 0 aromatic rings. The Morgan fingerprint density at radius 2 is 2.06 bits per heavy atom. The summed E-state index contributed by atoms with van der Waals surface area (Å²) in [5.74, 6) is 0.965. The molecule has 1 amide bonds. The van der Waals surface area contributed by atoms with Gasteiger partial charge in [-0.3, -0.25) is 4.79 Å². The van der Waals surface area contributed by atoms with Crippen LogP contribution in [0.3, 0.4) is 0 Å². The standard InChI is InChI=1S/C14H27N3O/c1-11(2)15-7-3-4-14(18)16-13-10-17-8-5-12(13)6-9-17/h11-13,15H,3-10H2,1-2H3,(H,16,18). The van der Waals surface area contributed by atoms with Crippen molar-refractivity contribution in [3.8, 4) is 0 Å². The Hall–Kier alpha value is -0.610. The van der Waals surface area contributed by atoms with Crippen molar-refractivity contribution < 1.29 is 4.79 Å². The van der Waals surface area contributed by atoms with Gasteiger partial charge in [-0.1, -0.05) is 13.8 Å². The van der Waals surface area contributed by atoms with Gasteiger partial charge >= 0.3 is 0 Å². The molecule has 3 fully saturated rings. The average molecular weight is 253 g/mol. The summed E-state index contributed by atoms with van der Waals surface area (Å²) in [6.07, 6.45) is 4.12. The molecule has 4 nitrogen and oxygen atoms in total. The fourth-order valence-electron chi connectivity index (χ4n) is 3.05. The van der Waals surface area contributed by atoms with Crippen molar-refractivity contribution in [1.82, 2.24) is 15.5 Å². The summed E-state index contributed by atoms with van der Waals surface area (Å²) in [4.78, 5) is 14.4. The number of amides is 1. The van der Waals surface area contributed by atoms with Crippen LogP contribution in [0.5, 0.6) is 0 Å². The fourth-order valence-corrected chi connectivity index (χ4v) is 3.05. The molecule has 0 saturated carbocycles. The summed E-state index contributed by atoms with van der Waals surface area (Å²) in [5, 5.41) is 6.57. The van der Waals surface area contributed by atoms with Crippen molar-refractivity contribution in [3.63, 3.8) is 0 Å². The van der Waals surface area contributed by atoms with Crippen molar-refractivity contribution in [1.29, 1.82) is 0 Å². The predicted octanol–water partition coefficient (Wildman–Crippen LogP) is 0.975. The maximum Gasteiger partial charge on any atom is 0.220 e. The Morgan fingerprint density at radius 1 is 1.33 bits per heavy atom. The SMILES string of the molecule is CC(C)NCCCC(=O)NC1CN2CCC1CC2. The number of hydrogen-bond donors (Lipinski definition) is 2. The molecule has 4 heteroatoms. The van der Waals surface area contributed by atoms with E-state index in [-0.39, 0.29) is 5.91 Å². The predicted molar refractivity (Wildman–Crippen MR) is 73.5 cm³/mol. The normalized spacial score (nSPS) is 30.7. The first-order valence-electron chi connectivity index (χ1n) is 7.40. The van der Waals surface area contributed by atoms with Crippen molar-refractivity contribution >= 4 is 5.91 Å². The topological polar surface area (TPSA) is 44.4 Å². The van der Waals surface area contributed by atoms with E-state index in [4.69, 9.17) is 0 Å². The van der Waals surface area contributed by atoms with Crippen molar-refractivity contribution in [2.24, 2.45) is 5.92 Å². The monoisotopic (exact) mass is 253 g/mol. The van der Waals surface area contributed by atoms with Gasteiger partial charge in [0.1, 0.15) is 0 Å². The zero-order chi connectivity index (χ0) is 13.0. The number of nitrogens with zero attached hydrogens (tertiary/aromatic N) is 1. The molecule has 104 valence electrons. The number of rotatable bonds is 6. The summed E-state index contributed by atoms with van der Waals surface area (Å²) in [6.45, 7) is 8.73. The largest absolute Gasteiger partial charge is 0.352 e. The van der Waals surface area contributed by atoms with Gasteiger partial charge in [0, 0.05) is 25.0 Å². The molecular formula is C14H27N3O. The van der Waals surface area contributed by atoms with Crippen LogP contribution < -0.4 is 10.6 Å². The zero-order valence-corrected chi connectivity index (χ0v) is 11.7. The molecule has 0 aromatic carbocycles. The second-order valence-electron chi connectivity index (χ2n) is 6.02. The van der Waals surface area contributed by atoms with Crippen LogP contribution in [-0.4, -0.2) is 49.1 Å². The lowest BCUT2D eigenvalue weighted by molar-refractivity contribution is -0.123. The number of nitrogens with one attached hydrogen (secondary N) is 2. The van der Waals surface area contributed by atoms with E-state index >= 15 is 0 Å². The van der Waals surface area contributed by atoms with E-state index < -0.39 is 0 Å². The molecule has 0 spiro atoms. The minimum absolute atomic E-state index is 0.235. The van der Waals surface area contributed by atoms with Gasteiger partial charge in [-0.2, -0.15) is 0 Å². The molecular weight excluding hydrogens is 226 g/mol. The summed E-state index contributed by atoms with van der Waals surface area (Å²) in [6, 6.07) is 0.924. The average Bonchev–Trinajstić information content (AvgIpc) is 2.36. The highest BCUT2D eigenvalue weighted by molar-refractivity contribution is 5.76. The van der Waals surface area contributed by atoms with Crippen molar-refractivity contribution in [3.05, 3.63) is 0 Å². The number of hydrogen-bond acceptors (Lipinski definition) is 3. The van der Waals surface area contributed by atoms with E-state index in [1.807, 2.05) is 0 Å². The summed E-state index contributed by atoms with van der Waals surface area (Å²) in [7, 11) is 0. The first-order chi connectivity index (χ1) is 8.65. The summed E-state index contributed by atoms with van der Waals surface area (Å²) < 4.78 is 0. The highest BCUT2D eigenvalue weighted by Gasteiger charge is 2.34. The minimum atomic E-state index is 0.235. The van der Waals surface area contributed by atoms with E-state index in [1.165, 1.54) is 25.9 Å². The third-order valence-electron chi connectivity index (χ3n) is 4.14. The quantitative estimate of drug-likeness (QED) is 0.694. The van der Waals surface area contributed by atoms with Gasteiger partial charge < -0.3 is 15.5 Å². The molecule has 18 heavy (non-hydrogen) atoms. The number of carbonyl (C=O) groups is 1. The van der Waals surface area contributed by atoms with Gasteiger partial charge in [0.05, 0.1) is 0 Å². The van der Waals surface area contributed by atoms with E-state index in [0.29, 0.717) is 18.5 Å². The first-order valence-corrected chi connectivity index (χ1v) is 7.40. The molecule has 0 radical (unpaired) electrons. The zero-order valence-electron chi connectivity index (χ0n) is 11.7. The molecule has 1 atom stereocenters. The van der Waals surface area contributed by atoms with Crippen LogP contribution in [0.4, 0.5) is 0 Å². The van der Waals surface area contributed by atoms with Crippen LogP contribution in [0, 0.1) is 5.92 Å². The third kappa shape index (κ3) is 3.95. The Balaban J connectivity index is 1.62. The van der Waals surface area contributed by atoms with Gasteiger partial charge in [0.25, 0.3) is 0 Å². The van der Waals surface area contributed by atoms with Gasteiger partial charge in [-0.25, -0.2) is 0 Å². The third-order valence-corrected chi connectivity index (χ3v) is 4.14. The Bertz CT molecular complexity index is 272. The molecule has 3 aliphatic rings. The molecule has 1 unspecified atom stereocenters. The van der Waals surface area contributed by atoms with E-state index in [2.05, 4.69) is 29.4 Å². The van der Waals surface area contributed by atoms with Crippen LogP contribution >= 0.6 is 0 Å². The highest BCUT2D eigenvalue weighted by atomic mass is 16.1. The Morgan fingerprint density at radius 3 is 2.61 bits per heavy atom. The molecule has 0 aliphatic carbocycles. The second kappa shape index (κ2) is 6.53. The Kier molecular flexibility index (Phi) is 5.01. The molecule has 3 saturated heterocycles. The number of fused-ring (bicyclic) bond motifs is 3. The summed E-state index contributed by atoms with van der Waals surface area (Å²) in [5.41, 5.74) is 0.